The van der Waals surface area contributed by atoms with Crippen molar-refractivity contribution in [2.24, 2.45) is 0 Å². The molecule has 3 aromatic rings. The maximum Gasteiger partial charge on any atom is 0.289 e. The maximum atomic E-state index is 12.3. The van der Waals surface area contributed by atoms with Crippen LogP contribution in [0.15, 0.2) is 37.2 Å². The number of carbonyl (C=O) groups is 1. The first kappa shape index (κ1) is 16.4. The standard InChI is InChI=1S/C17H19N7O2/c1-11(25)12-8-20-14(21-9-12)17(26)22-13-2-5-24(10-13)16-15-18-3-6-23(15)7-4-19-16/h3-4,6-9,11,13,25H,2,5,10H2,1H3,(H,22,26)/t11?,13-/m0/s1. The van der Waals surface area contributed by atoms with E-state index in [0.717, 1.165) is 24.4 Å². The minimum absolute atomic E-state index is 0.0143. The third-order valence-corrected chi connectivity index (χ3v) is 4.47. The number of aromatic nitrogens is 5. The number of rotatable bonds is 4. The Bertz CT molecular complexity index is 922. The lowest BCUT2D eigenvalue weighted by Crippen LogP contribution is -2.38. The molecule has 1 unspecified atom stereocenters. The van der Waals surface area contributed by atoms with Gasteiger partial charge in [0, 0.05) is 61.9 Å². The second-order valence-corrected chi connectivity index (χ2v) is 6.33. The zero-order valence-electron chi connectivity index (χ0n) is 14.3. The largest absolute Gasteiger partial charge is 0.389 e. The van der Waals surface area contributed by atoms with Crippen LogP contribution in [0.5, 0.6) is 0 Å². The molecule has 2 atom stereocenters. The van der Waals surface area contributed by atoms with E-state index in [-0.39, 0.29) is 17.8 Å². The molecular formula is C17H19N7O2. The zero-order valence-corrected chi connectivity index (χ0v) is 14.3. The molecule has 3 aromatic heterocycles. The number of fused-ring (bicyclic) bond motifs is 1. The van der Waals surface area contributed by atoms with Crippen molar-refractivity contribution in [3.63, 3.8) is 0 Å². The molecule has 0 aliphatic carbocycles. The molecule has 0 aromatic carbocycles. The summed E-state index contributed by atoms with van der Waals surface area (Å²) >= 11 is 0. The van der Waals surface area contributed by atoms with Gasteiger partial charge in [0.25, 0.3) is 5.91 Å². The number of anilines is 1. The number of hydrogen-bond donors (Lipinski definition) is 2. The third kappa shape index (κ3) is 3.08. The molecule has 4 heterocycles. The van der Waals surface area contributed by atoms with Crippen LogP contribution in [0.25, 0.3) is 5.65 Å². The third-order valence-electron chi connectivity index (χ3n) is 4.47. The van der Waals surface area contributed by atoms with Crippen molar-refractivity contribution < 1.29 is 9.90 Å². The Morgan fingerprint density at radius 1 is 1.23 bits per heavy atom. The summed E-state index contributed by atoms with van der Waals surface area (Å²) in [5, 5.41) is 12.4. The van der Waals surface area contributed by atoms with Crippen molar-refractivity contribution in [3.8, 4) is 0 Å². The maximum absolute atomic E-state index is 12.3. The van der Waals surface area contributed by atoms with Gasteiger partial charge in [0.05, 0.1) is 6.10 Å². The number of nitrogens with one attached hydrogen (secondary N) is 1. The Kier molecular flexibility index (Phi) is 4.21. The van der Waals surface area contributed by atoms with E-state index in [0.29, 0.717) is 12.1 Å². The predicted molar refractivity (Wildman–Crippen MR) is 93.7 cm³/mol. The number of carbonyl (C=O) groups excluding carboxylic acids is 1. The highest BCUT2D eigenvalue weighted by Crippen LogP contribution is 2.22. The molecule has 1 fully saturated rings. The van der Waals surface area contributed by atoms with Gasteiger partial charge >= 0.3 is 0 Å². The van der Waals surface area contributed by atoms with Crippen LogP contribution in [0.4, 0.5) is 5.82 Å². The van der Waals surface area contributed by atoms with Gasteiger partial charge in [-0.15, -0.1) is 0 Å². The molecule has 1 saturated heterocycles. The summed E-state index contributed by atoms with van der Waals surface area (Å²) < 4.78 is 1.92. The number of imidazole rings is 1. The lowest BCUT2D eigenvalue weighted by atomic mass is 10.2. The van der Waals surface area contributed by atoms with Gasteiger partial charge in [0.15, 0.2) is 11.5 Å². The van der Waals surface area contributed by atoms with Crippen molar-refractivity contribution >= 4 is 17.4 Å². The molecule has 0 radical (unpaired) electrons. The number of aliphatic hydroxyl groups is 1. The first-order chi connectivity index (χ1) is 12.6. The molecule has 134 valence electrons. The molecular weight excluding hydrogens is 334 g/mol. The molecule has 0 spiro atoms. The minimum Gasteiger partial charge on any atom is -0.389 e. The highest BCUT2D eigenvalue weighted by Gasteiger charge is 2.27. The molecule has 26 heavy (non-hydrogen) atoms. The summed E-state index contributed by atoms with van der Waals surface area (Å²) in [7, 11) is 0. The SMILES string of the molecule is CC(O)c1cnc(C(=O)N[C@H]2CCN(c3nccn4ccnc34)C2)nc1. The van der Waals surface area contributed by atoms with E-state index in [1.54, 1.807) is 19.3 Å². The summed E-state index contributed by atoms with van der Waals surface area (Å²) in [6.45, 7) is 3.06. The summed E-state index contributed by atoms with van der Waals surface area (Å²) in [4.78, 5) is 31.3. The highest BCUT2D eigenvalue weighted by molar-refractivity contribution is 5.90. The average Bonchev–Trinajstić information content (AvgIpc) is 3.30. The predicted octanol–water partition coefficient (Wildman–Crippen LogP) is 0.581. The zero-order chi connectivity index (χ0) is 18.1. The van der Waals surface area contributed by atoms with E-state index >= 15 is 0 Å². The van der Waals surface area contributed by atoms with E-state index in [4.69, 9.17) is 0 Å². The lowest BCUT2D eigenvalue weighted by Gasteiger charge is -2.18. The fourth-order valence-electron chi connectivity index (χ4n) is 3.05. The van der Waals surface area contributed by atoms with Gasteiger partial charge in [-0.2, -0.15) is 0 Å². The second kappa shape index (κ2) is 6.68. The summed E-state index contributed by atoms with van der Waals surface area (Å²) in [5.41, 5.74) is 1.38. The van der Waals surface area contributed by atoms with Crippen LogP contribution >= 0.6 is 0 Å². The average molecular weight is 353 g/mol. The van der Waals surface area contributed by atoms with Crippen molar-refractivity contribution in [3.05, 3.63) is 48.6 Å². The monoisotopic (exact) mass is 353 g/mol. The molecule has 1 aliphatic rings. The Morgan fingerprint density at radius 3 is 2.69 bits per heavy atom. The van der Waals surface area contributed by atoms with E-state index in [1.165, 1.54) is 12.4 Å². The van der Waals surface area contributed by atoms with Crippen LogP contribution in [0.2, 0.25) is 0 Å². The van der Waals surface area contributed by atoms with Gasteiger partial charge < -0.3 is 19.7 Å². The Hall–Kier alpha value is -3.07. The molecule has 0 bridgehead atoms. The van der Waals surface area contributed by atoms with Crippen LogP contribution in [-0.4, -0.2) is 54.5 Å². The van der Waals surface area contributed by atoms with E-state index in [1.807, 2.05) is 16.8 Å². The number of amides is 1. The van der Waals surface area contributed by atoms with Crippen molar-refractivity contribution in [1.82, 2.24) is 29.7 Å². The van der Waals surface area contributed by atoms with Gasteiger partial charge in [0.1, 0.15) is 0 Å². The van der Waals surface area contributed by atoms with E-state index < -0.39 is 6.10 Å². The van der Waals surface area contributed by atoms with Crippen LogP contribution in [-0.2, 0) is 0 Å². The highest BCUT2D eigenvalue weighted by atomic mass is 16.3. The topological polar surface area (TPSA) is 109 Å². The quantitative estimate of drug-likeness (QED) is 0.706. The molecule has 1 aliphatic heterocycles. The number of hydrogen-bond acceptors (Lipinski definition) is 7. The first-order valence-corrected chi connectivity index (χ1v) is 8.45. The summed E-state index contributed by atoms with van der Waals surface area (Å²) in [6, 6.07) is -0.0143. The Morgan fingerprint density at radius 2 is 1.96 bits per heavy atom. The number of nitrogens with zero attached hydrogens (tertiary/aromatic N) is 6. The molecule has 9 nitrogen and oxygen atoms in total. The van der Waals surface area contributed by atoms with E-state index in [2.05, 4.69) is 30.2 Å². The molecule has 9 heteroatoms. The fourth-order valence-corrected chi connectivity index (χ4v) is 3.05. The normalized spacial score (nSPS) is 18.2. The van der Waals surface area contributed by atoms with Crippen molar-refractivity contribution in [1.29, 1.82) is 0 Å². The Labute approximate surface area is 149 Å². The second-order valence-electron chi connectivity index (χ2n) is 6.33. The summed E-state index contributed by atoms with van der Waals surface area (Å²) in [5.74, 6) is 0.592. The Balaban J connectivity index is 1.42. The lowest BCUT2D eigenvalue weighted by molar-refractivity contribution is 0.0929. The van der Waals surface area contributed by atoms with Crippen LogP contribution in [0.3, 0.4) is 0 Å². The summed E-state index contributed by atoms with van der Waals surface area (Å²) in [6.07, 6.45) is 10.3. The minimum atomic E-state index is -0.659. The van der Waals surface area contributed by atoms with Gasteiger partial charge in [0.2, 0.25) is 5.82 Å². The fraction of sp³-hybridized carbons (Fsp3) is 0.353. The van der Waals surface area contributed by atoms with Crippen molar-refractivity contribution in [2.75, 3.05) is 18.0 Å². The molecule has 2 N–H and O–H groups in total. The van der Waals surface area contributed by atoms with Gasteiger partial charge in [-0.3, -0.25) is 4.79 Å². The van der Waals surface area contributed by atoms with Gasteiger partial charge in [-0.25, -0.2) is 19.9 Å². The smallest absolute Gasteiger partial charge is 0.289 e. The molecule has 0 saturated carbocycles. The molecule has 1 amide bonds. The first-order valence-electron chi connectivity index (χ1n) is 8.45. The van der Waals surface area contributed by atoms with Crippen LogP contribution in [0.1, 0.15) is 35.6 Å². The van der Waals surface area contributed by atoms with Gasteiger partial charge in [-0.05, 0) is 13.3 Å². The van der Waals surface area contributed by atoms with Crippen LogP contribution < -0.4 is 10.2 Å². The van der Waals surface area contributed by atoms with Crippen molar-refractivity contribution in [2.45, 2.75) is 25.5 Å². The molecule has 4 rings (SSSR count). The van der Waals surface area contributed by atoms with E-state index in [9.17, 15) is 9.90 Å². The number of aliphatic hydroxyl groups excluding tert-OH is 1. The van der Waals surface area contributed by atoms with Gasteiger partial charge in [-0.1, -0.05) is 0 Å². The van der Waals surface area contributed by atoms with Crippen LogP contribution in [0, 0.1) is 0 Å².